The number of rotatable bonds is 4. The van der Waals surface area contributed by atoms with Gasteiger partial charge in [-0.05, 0) is 25.3 Å². The van der Waals surface area contributed by atoms with Gasteiger partial charge in [0.2, 0.25) is 0 Å². The lowest BCUT2D eigenvalue weighted by Crippen LogP contribution is -2.34. The van der Waals surface area contributed by atoms with Crippen molar-refractivity contribution in [3.05, 3.63) is 29.8 Å². The molecule has 0 amide bonds. The quantitative estimate of drug-likeness (QED) is 0.872. The molecule has 1 atom stereocenters. The zero-order chi connectivity index (χ0) is 13.0. The van der Waals surface area contributed by atoms with Gasteiger partial charge < -0.3 is 10.0 Å². The molecule has 0 radical (unpaired) electrons. The molecule has 1 aliphatic carbocycles. The Balaban J connectivity index is 2.20. The fourth-order valence-corrected chi connectivity index (χ4v) is 2.98. The lowest BCUT2D eigenvalue weighted by Gasteiger charge is -2.34. The van der Waals surface area contributed by atoms with Crippen LogP contribution in [-0.4, -0.2) is 18.2 Å². The summed E-state index contributed by atoms with van der Waals surface area (Å²) in [6.07, 6.45) is 7.06. The number of hydrogen-bond acceptors (Lipinski definition) is 2. The summed E-state index contributed by atoms with van der Waals surface area (Å²) in [6, 6.07) is 8.93. The summed E-state index contributed by atoms with van der Waals surface area (Å²) in [5, 5.41) is 10.1. The number of aliphatic hydroxyl groups excluding tert-OH is 1. The Bertz CT molecular complexity index is 371. The summed E-state index contributed by atoms with van der Waals surface area (Å²) >= 11 is 0. The summed E-state index contributed by atoms with van der Waals surface area (Å²) in [4.78, 5) is 2.38. The smallest absolute Gasteiger partial charge is 0.0807 e. The van der Waals surface area contributed by atoms with Gasteiger partial charge in [0.15, 0.2) is 0 Å². The van der Waals surface area contributed by atoms with Crippen LogP contribution in [0.2, 0.25) is 0 Å². The molecule has 2 nitrogen and oxygen atoms in total. The number of benzene rings is 1. The molecule has 0 saturated heterocycles. The van der Waals surface area contributed by atoms with Gasteiger partial charge in [0.05, 0.1) is 6.10 Å². The molecule has 0 aromatic heterocycles. The van der Waals surface area contributed by atoms with Crippen molar-refractivity contribution >= 4 is 5.69 Å². The van der Waals surface area contributed by atoms with Crippen LogP contribution in [0.25, 0.3) is 0 Å². The van der Waals surface area contributed by atoms with Crippen LogP contribution in [0.3, 0.4) is 0 Å². The Hall–Kier alpha value is -1.02. The Morgan fingerprint density at radius 3 is 2.56 bits per heavy atom. The number of para-hydroxylation sites is 1. The van der Waals surface area contributed by atoms with Crippen LogP contribution in [0.4, 0.5) is 5.69 Å². The van der Waals surface area contributed by atoms with Crippen LogP contribution >= 0.6 is 0 Å². The minimum Gasteiger partial charge on any atom is -0.388 e. The molecule has 1 saturated carbocycles. The SMILES string of the molecule is CC[C@@H](O)c1ccccc1N(C)C1CCCCC1. The Morgan fingerprint density at radius 2 is 1.89 bits per heavy atom. The maximum absolute atomic E-state index is 10.1. The summed E-state index contributed by atoms with van der Waals surface area (Å²) in [5.41, 5.74) is 2.28. The van der Waals surface area contributed by atoms with E-state index >= 15 is 0 Å². The third-order valence-corrected chi connectivity index (χ3v) is 4.18. The average molecular weight is 247 g/mol. The van der Waals surface area contributed by atoms with Crippen LogP contribution in [0.1, 0.15) is 57.1 Å². The third-order valence-electron chi connectivity index (χ3n) is 4.18. The molecule has 2 rings (SSSR count). The van der Waals surface area contributed by atoms with Crippen molar-refractivity contribution < 1.29 is 5.11 Å². The highest BCUT2D eigenvalue weighted by Gasteiger charge is 2.21. The van der Waals surface area contributed by atoms with Gasteiger partial charge in [0.1, 0.15) is 0 Å². The maximum atomic E-state index is 10.1. The Labute approximate surface area is 111 Å². The molecule has 0 spiro atoms. The molecule has 1 N–H and O–H groups in total. The molecular formula is C16H25NO. The lowest BCUT2D eigenvalue weighted by molar-refractivity contribution is 0.174. The van der Waals surface area contributed by atoms with Crippen LogP contribution in [0.15, 0.2) is 24.3 Å². The van der Waals surface area contributed by atoms with Gasteiger partial charge in [-0.2, -0.15) is 0 Å². The minimum atomic E-state index is -0.341. The first-order valence-corrected chi connectivity index (χ1v) is 7.24. The predicted molar refractivity (Wildman–Crippen MR) is 77.0 cm³/mol. The first-order valence-electron chi connectivity index (χ1n) is 7.24. The van der Waals surface area contributed by atoms with Crippen LogP contribution < -0.4 is 4.90 Å². The maximum Gasteiger partial charge on any atom is 0.0807 e. The summed E-state index contributed by atoms with van der Waals surface area (Å²) in [7, 11) is 2.18. The van der Waals surface area contributed by atoms with E-state index in [0.717, 1.165) is 12.0 Å². The molecule has 2 heteroatoms. The molecule has 0 bridgehead atoms. The normalized spacial score (nSPS) is 18.6. The van der Waals surface area contributed by atoms with E-state index in [1.54, 1.807) is 0 Å². The van der Waals surface area contributed by atoms with Crippen molar-refractivity contribution in [3.8, 4) is 0 Å². The van der Waals surface area contributed by atoms with Crippen LogP contribution in [0, 0.1) is 0 Å². The van der Waals surface area contributed by atoms with E-state index in [2.05, 4.69) is 30.1 Å². The van der Waals surface area contributed by atoms with Gasteiger partial charge in [-0.25, -0.2) is 0 Å². The zero-order valence-corrected chi connectivity index (χ0v) is 11.6. The molecular weight excluding hydrogens is 222 g/mol. The van der Waals surface area contributed by atoms with E-state index in [1.807, 2.05) is 13.0 Å². The topological polar surface area (TPSA) is 23.5 Å². The van der Waals surface area contributed by atoms with E-state index < -0.39 is 0 Å². The second-order valence-electron chi connectivity index (χ2n) is 5.39. The summed E-state index contributed by atoms with van der Waals surface area (Å²) < 4.78 is 0. The van der Waals surface area contributed by atoms with Crippen molar-refractivity contribution in [3.63, 3.8) is 0 Å². The second-order valence-corrected chi connectivity index (χ2v) is 5.39. The largest absolute Gasteiger partial charge is 0.388 e. The second kappa shape index (κ2) is 6.24. The summed E-state index contributed by atoms with van der Waals surface area (Å²) in [6.45, 7) is 2.03. The van der Waals surface area contributed by atoms with E-state index in [0.29, 0.717) is 6.04 Å². The highest BCUT2D eigenvalue weighted by atomic mass is 16.3. The first-order chi connectivity index (χ1) is 8.74. The third kappa shape index (κ3) is 2.86. The van der Waals surface area contributed by atoms with Gasteiger partial charge in [-0.15, -0.1) is 0 Å². The molecule has 0 unspecified atom stereocenters. The van der Waals surface area contributed by atoms with Gasteiger partial charge in [-0.1, -0.05) is 44.4 Å². The van der Waals surface area contributed by atoms with Crippen LogP contribution in [-0.2, 0) is 0 Å². The van der Waals surface area contributed by atoms with Gasteiger partial charge in [0.25, 0.3) is 0 Å². The van der Waals surface area contributed by atoms with Crippen molar-refractivity contribution in [2.75, 3.05) is 11.9 Å². The fraction of sp³-hybridized carbons (Fsp3) is 0.625. The van der Waals surface area contributed by atoms with E-state index in [-0.39, 0.29) is 6.10 Å². The lowest BCUT2D eigenvalue weighted by atomic mass is 9.93. The molecule has 1 aromatic carbocycles. The number of aliphatic hydroxyl groups is 1. The minimum absolute atomic E-state index is 0.341. The number of hydrogen-bond donors (Lipinski definition) is 1. The van der Waals surface area contributed by atoms with E-state index in [4.69, 9.17) is 0 Å². The van der Waals surface area contributed by atoms with Crippen LogP contribution in [0.5, 0.6) is 0 Å². The van der Waals surface area contributed by atoms with E-state index in [9.17, 15) is 5.11 Å². The molecule has 0 heterocycles. The molecule has 1 fully saturated rings. The summed E-state index contributed by atoms with van der Waals surface area (Å²) in [5.74, 6) is 0. The van der Waals surface area contributed by atoms with Gasteiger partial charge in [-0.3, -0.25) is 0 Å². The van der Waals surface area contributed by atoms with Crippen molar-refractivity contribution in [1.82, 2.24) is 0 Å². The number of anilines is 1. The van der Waals surface area contributed by atoms with Gasteiger partial charge in [0, 0.05) is 24.3 Å². The molecule has 1 aromatic rings. The fourth-order valence-electron chi connectivity index (χ4n) is 2.98. The Kier molecular flexibility index (Phi) is 4.65. The average Bonchev–Trinajstić information content (AvgIpc) is 2.46. The Morgan fingerprint density at radius 1 is 1.22 bits per heavy atom. The molecule has 18 heavy (non-hydrogen) atoms. The zero-order valence-electron chi connectivity index (χ0n) is 11.6. The first kappa shape index (κ1) is 13.4. The molecule has 100 valence electrons. The number of nitrogens with zero attached hydrogens (tertiary/aromatic N) is 1. The van der Waals surface area contributed by atoms with Gasteiger partial charge >= 0.3 is 0 Å². The van der Waals surface area contributed by atoms with Crippen molar-refractivity contribution in [2.45, 2.75) is 57.6 Å². The predicted octanol–water partition coefficient (Wildman–Crippen LogP) is 3.90. The highest BCUT2D eigenvalue weighted by molar-refractivity contribution is 5.54. The monoisotopic (exact) mass is 247 g/mol. The van der Waals surface area contributed by atoms with Crippen molar-refractivity contribution in [2.24, 2.45) is 0 Å². The standard InChI is InChI=1S/C16H25NO/c1-3-16(18)14-11-7-8-12-15(14)17(2)13-9-5-4-6-10-13/h7-8,11-13,16,18H,3-6,9-10H2,1-2H3/t16-/m1/s1. The van der Waals surface area contributed by atoms with E-state index in [1.165, 1.54) is 37.8 Å². The highest BCUT2D eigenvalue weighted by Crippen LogP contribution is 2.32. The molecule has 0 aliphatic heterocycles. The molecule has 1 aliphatic rings. The van der Waals surface area contributed by atoms with Crippen molar-refractivity contribution in [1.29, 1.82) is 0 Å².